The van der Waals surface area contributed by atoms with Gasteiger partial charge in [0.15, 0.2) is 0 Å². The number of rotatable bonds is 8. The lowest BCUT2D eigenvalue weighted by atomic mass is 10.1. The predicted octanol–water partition coefficient (Wildman–Crippen LogP) is 1.46. The van der Waals surface area contributed by atoms with Gasteiger partial charge >= 0.3 is 12.1 Å². The van der Waals surface area contributed by atoms with Crippen molar-refractivity contribution in [1.82, 2.24) is 5.32 Å². The normalized spacial score (nSPS) is 12.7. The van der Waals surface area contributed by atoms with E-state index in [9.17, 15) is 22.8 Å². The van der Waals surface area contributed by atoms with Crippen LogP contribution in [-0.2, 0) is 15.8 Å². The third kappa shape index (κ3) is 6.66. The molecule has 6 nitrogen and oxygen atoms in total. The topological polar surface area (TPSA) is 98.7 Å². The molecule has 1 amide bonds. The third-order valence-corrected chi connectivity index (χ3v) is 2.89. The van der Waals surface area contributed by atoms with E-state index in [1.807, 2.05) is 0 Å². The number of carbonyl (C=O) groups excluding carboxylic acids is 1. The highest BCUT2D eigenvalue weighted by Gasteiger charge is 2.30. The molecule has 128 valence electrons. The summed E-state index contributed by atoms with van der Waals surface area (Å²) < 4.78 is 37.7. The Balaban J connectivity index is 2.66. The number of hydrogen-bond donors (Lipinski definition) is 4. The first-order valence-corrected chi connectivity index (χ1v) is 6.78. The number of halogens is 3. The molecular formula is C14H17F3N2O4. The van der Waals surface area contributed by atoms with Gasteiger partial charge in [-0.1, -0.05) is 6.07 Å². The van der Waals surface area contributed by atoms with Gasteiger partial charge in [0.05, 0.1) is 12.0 Å². The standard InChI is InChI=1S/C14H17F3N2O4/c15-14(16,17)9-3-1-4-10(7-9)19-12(21)8-11(13(22)23)18-5-2-6-20/h1,3-4,7,11,18,20H,2,5-6,8H2,(H,19,21)(H,22,23). The summed E-state index contributed by atoms with van der Waals surface area (Å²) in [5, 5.41) is 22.4. The van der Waals surface area contributed by atoms with Crippen LogP contribution in [0.25, 0.3) is 0 Å². The van der Waals surface area contributed by atoms with Crippen LogP contribution in [0.1, 0.15) is 18.4 Å². The quantitative estimate of drug-likeness (QED) is 0.540. The zero-order valence-electron chi connectivity index (χ0n) is 12.1. The molecule has 23 heavy (non-hydrogen) atoms. The zero-order chi connectivity index (χ0) is 17.5. The first kappa shape index (κ1) is 18.9. The van der Waals surface area contributed by atoms with Crippen molar-refractivity contribution in [1.29, 1.82) is 0 Å². The summed E-state index contributed by atoms with van der Waals surface area (Å²) in [5.74, 6) is -1.99. The molecule has 0 bridgehead atoms. The number of carbonyl (C=O) groups is 2. The molecule has 4 N–H and O–H groups in total. The Labute approximate surface area is 130 Å². The number of nitrogens with one attached hydrogen (secondary N) is 2. The van der Waals surface area contributed by atoms with E-state index in [0.717, 1.165) is 18.2 Å². The van der Waals surface area contributed by atoms with Crippen LogP contribution >= 0.6 is 0 Å². The number of aliphatic carboxylic acids is 1. The molecule has 1 rings (SSSR count). The van der Waals surface area contributed by atoms with E-state index in [2.05, 4.69) is 10.6 Å². The fourth-order valence-electron chi connectivity index (χ4n) is 1.77. The maximum Gasteiger partial charge on any atom is 0.416 e. The number of aliphatic hydroxyl groups is 1. The fraction of sp³-hybridized carbons (Fsp3) is 0.429. The van der Waals surface area contributed by atoms with Crippen LogP contribution in [0.5, 0.6) is 0 Å². The van der Waals surface area contributed by atoms with Crippen LogP contribution in [0, 0.1) is 0 Å². The SMILES string of the molecule is O=C(CC(NCCCO)C(=O)O)Nc1cccc(C(F)(F)F)c1. The number of aliphatic hydroxyl groups excluding tert-OH is 1. The molecule has 0 aromatic heterocycles. The molecule has 0 radical (unpaired) electrons. The highest BCUT2D eigenvalue weighted by molar-refractivity contribution is 5.94. The highest BCUT2D eigenvalue weighted by Crippen LogP contribution is 2.30. The van der Waals surface area contributed by atoms with Crippen LogP contribution in [0.3, 0.4) is 0 Å². The molecule has 0 aliphatic heterocycles. The molecule has 9 heteroatoms. The predicted molar refractivity (Wildman–Crippen MR) is 75.8 cm³/mol. The summed E-state index contributed by atoms with van der Waals surface area (Å²) >= 11 is 0. The first-order chi connectivity index (χ1) is 10.7. The van der Waals surface area contributed by atoms with Gasteiger partial charge in [-0.05, 0) is 31.2 Å². The molecule has 0 aliphatic rings. The van der Waals surface area contributed by atoms with Gasteiger partial charge < -0.3 is 20.8 Å². The van der Waals surface area contributed by atoms with Gasteiger partial charge in [-0.3, -0.25) is 9.59 Å². The van der Waals surface area contributed by atoms with Crippen molar-refractivity contribution in [2.24, 2.45) is 0 Å². The van der Waals surface area contributed by atoms with Crippen molar-refractivity contribution in [3.8, 4) is 0 Å². The molecule has 1 aromatic rings. The Bertz CT molecular complexity index is 549. The number of carboxylic acid groups (broad SMARTS) is 1. The summed E-state index contributed by atoms with van der Waals surface area (Å²) in [4.78, 5) is 22.8. The summed E-state index contributed by atoms with van der Waals surface area (Å²) in [6.45, 7) is 0.0695. The van der Waals surface area contributed by atoms with Gasteiger partial charge in [0.1, 0.15) is 6.04 Å². The molecule has 0 saturated heterocycles. The fourth-order valence-corrected chi connectivity index (χ4v) is 1.77. The number of alkyl halides is 3. The van der Waals surface area contributed by atoms with E-state index in [0.29, 0.717) is 6.42 Å². The first-order valence-electron chi connectivity index (χ1n) is 6.78. The summed E-state index contributed by atoms with van der Waals surface area (Å²) in [6.07, 6.45) is -4.66. The molecular weight excluding hydrogens is 317 g/mol. The summed E-state index contributed by atoms with van der Waals surface area (Å²) in [7, 11) is 0. The maximum absolute atomic E-state index is 12.6. The number of hydrogen-bond acceptors (Lipinski definition) is 4. The molecule has 0 fully saturated rings. The van der Waals surface area contributed by atoms with Crippen LogP contribution in [0.15, 0.2) is 24.3 Å². The molecule has 0 heterocycles. The van der Waals surface area contributed by atoms with Crippen LogP contribution < -0.4 is 10.6 Å². The minimum atomic E-state index is -4.53. The summed E-state index contributed by atoms with van der Waals surface area (Å²) in [5.41, 5.74) is -0.976. The molecule has 0 spiro atoms. The smallest absolute Gasteiger partial charge is 0.416 e. The number of benzene rings is 1. The van der Waals surface area contributed by atoms with Gasteiger partial charge in [0.2, 0.25) is 5.91 Å². The second-order valence-electron chi connectivity index (χ2n) is 4.75. The van der Waals surface area contributed by atoms with E-state index >= 15 is 0 Å². The largest absolute Gasteiger partial charge is 0.480 e. The molecule has 0 aliphatic carbocycles. The van der Waals surface area contributed by atoms with Crippen LogP contribution in [0.2, 0.25) is 0 Å². The van der Waals surface area contributed by atoms with Crippen LogP contribution in [-0.4, -0.2) is 41.3 Å². The van der Waals surface area contributed by atoms with Crippen molar-refractivity contribution in [2.75, 3.05) is 18.5 Å². The highest BCUT2D eigenvalue weighted by atomic mass is 19.4. The Hall–Kier alpha value is -2.13. The Morgan fingerprint density at radius 3 is 2.52 bits per heavy atom. The summed E-state index contributed by atoms with van der Waals surface area (Å²) in [6, 6.07) is 2.88. The maximum atomic E-state index is 12.6. The Morgan fingerprint density at radius 2 is 1.96 bits per heavy atom. The van der Waals surface area contributed by atoms with Crippen molar-refractivity contribution in [2.45, 2.75) is 25.1 Å². The average molecular weight is 334 g/mol. The van der Waals surface area contributed by atoms with Crippen molar-refractivity contribution < 1.29 is 33.0 Å². The van der Waals surface area contributed by atoms with E-state index in [-0.39, 0.29) is 18.8 Å². The average Bonchev–Trinajstić information content (AvgIpc) is 2.45. The van der Waals surface area contributed by atoms with Gasteiger partial charge in [-0.2, -0.15) is 13.2 Å². The van der Waals surface area contributed by atoms with Crippen LogP contribution in [0.4, 0.5) is 18.9 Å². The Kier molecular flexibility index (Phi) is 6.98. The molecule has 1 unspecified atom stereocenters. The second-order valence-corrected chi connectivity index (χ2v) is 4.75. The van der Waals surface area contributed by atoms with Gasteiger partial charge in [0.25, 0.3) is 0 Å². The minimum absolute atomic E-state index is 0.0654. The second kappa shape index (κ2) is 8.49. The van der Waals surface area contributed by atoms with E-state index in [4.69, 9.17) is 10.2 Å². The molecule has 1 atom stereocenters. The van der Waals surface area contributed by atoms with Gasteiger partial charge in [-0.25, -0.2) is 0 Å². The lowest BCUT2D eigenvalue weighted by molar-refractivity contribution is -0.141. The molecule has 0 saturated carbocycles. The number of anilines is 1. The van der Waals surface area contributed by atoms with Crippen molar-refractivity contribution in [3.05, 3.63) is 29.8 Å². The van der Waals surface area contributed by atoms with Crippen molar-refractivity contribution >= 4 is 17.6 Å². The van der Waals surface area contributed by atoms with Gasteiger partial charge in [0, 0.05) is 12.3 Å². The lowest BCUT2D eigenvalue weighted by Crippen LogP contribution is -2.40. The van der Waals surface area contributed by atoms with E-state index in [1.54, 1.807) is 0 Å². The third-order valence-electron chi connectivity index (χ3n) is 2.89. The monoisotopic (exact) mass is 334 g/mol. The lowest BCUT2D eigenvalue weighted by Gasteiger charge is -2.14. The minimum Gasteiger partial charge on any atom is -0.480 e. The van der Waals surface area contributed by atoms with E-state index in [1.165, 1.54) is 6.07 Å². The van der Waals surface area contributed by atoms with Gasteiger partial charge in [-0.15, -0.1) is 0 Å². The number of amides is 1. The van der Waals surface area contributed by atoms with E-state index < -0.39 is 36.1 Å². The zero-order valence-corrected chi connectivity index (χ0v) is 12.1. The Morgan fingerprint density at radius 1 is 1.26 bits per heavy atom. The molecule has 1 aromatic carbocycles. The number of carboxylic acids is 1. The van der Waals surface area contributed by atoms with Crippen molar-refractivity contribution in [3.63, 3.8) is 0 Å².